The summed E-state index contributed by atoms with van der Waals surface area (Å²) in [5.74, 6) is 0.280. The second kappa shape index (κ2) is 7.96. The molecule has 1 fully saturated rings. The zero-order valence-corrected chi connectivity index (χ0v) is 11.3. The molecule has 4 nitrogen and oxygen atoms in total. The second-order valence-corrected chi connectivity index (χ2v) is 4.29. The van der Waals surface area contributed by atoms with Crippen LogP contribution in [0.2, 0.25) is 0 Å². The predicted octanol–water partition coefficient (Wildman–Crippen LogP) is 1.35. The molecule has 1 heterocycles. The lowest BCUT2D eigenvalue weighted by Crippen LogP contribution is -2.34. The van der Waals surface area contributed by atoms with Gasteiger partial charge in [0.05, 0.1) is 12.5 Å². The lowest BCUT2D eigenvalue weighted by molar-refractivity contribution is -0.124. The zero-order valence-electron chi connectivity index (χ0n) is 10.5. The third kappa shape index (κ3) is 5.04. The van der Waals surface area contributed by atoms with Crippen molar-refractivity contribution in [3.05, 3.63) is 30.1 Å². The van der Waals surface area contributed by atoms with E-state index in [0.29, 0.717) is 18.9 Å². The minimum Gasteiger partial charge on any atom is -0.492 e. The standard InChI is InChI=1S/C13H17FN2O2.ClH/c14-11-2-1-3-12(8-11)18-7-6-16-13(17)10-4-5-15-9-10;/h1-3,8,10,15H,4-7,9H2,(H,16,17);1H. The fourth-order valence-electron chi connectivity index (χ4n) is 1.92. The summed E-state index contributed by atoms with van der Waals surface area (Å²) in [6.07, 6.45) is 0.886. The summed E-state index contributed by atoms with van der Waals surface area (Å²) in [5.41, 5.74) is 0. The molecule has 2 N–H and O–H groups in total. The van der Waals surface area contributed by atoms with Gasteiger partial charge >= 0.3 is 0 Å². The SMILES string of the molecule is Cl.O=C(NCCOc1cccc(F)c1)C1CCNC1. The molecule has 1 atom stereocenters. The normalized spacial score (nSPS) is 17.6. The molecule has 0 saturated carbocycles. The molecule has 1 aliphatic rings. The van der Waals surface area contributed by atoms with Gasteiger partial charge < -0.3 is 15.4 Å². The van der Waals surface area contributed by atoms with Gasteiger partial charge in [-0.25, -0.2) is 4.39 Å². The van der Waals surface area contributed by atoms with Gasteiger partial charge in [-0.1, -0.05) is 6.07 Å². The lowest BCUT2D eigenvalue weighted by Gasteiger charge is -2.10. The highest BCUT2D eigenvalue weighted by molar-refractivity contribution is 5.85. The van der Waals surface area contributed by atoms with Crippen LogP contribution in [0.25, 0.3) is 0 Å². The predicted molar refractivity (Wildman–Crippen MR) is 73.1 cm³/mol. The van der Waals surface area contributed by atoms with E-state index in [1.165, 1.54) is 12.1 Å². The van der Waals surface area contributed by atoms with Crippen LogP contribution < -0.4 is 15.4 Å². The van der Waals surface area contributed by atoms with E-state index in [2.05, 4.69) is 10.6 Å². The molecule has 0 radical (unpaired) electrons. The molecule has 106 valence electrons. The summed E-state index contributed by atoms with van der Waals surface area (Å²) in [5, 5.41) is 5.95. The van der Waals surface area contributed by atoms with E-state index < -0.39 is 0 Å². The van der Waals surface area contributed by atoms with Crippen LogP contribution in [-0.4, -0.2) is 32.1 Å². The fourth-order valence-corrected chi connectivity index (χ4v) is 1.92. The highest BCUT2D eigenvalue weighted by Gasteiger charge is 2.21. The average Bonchev–Trinajstić information content (AvgIpc) is 2.88. The molecular formula is C13H18ClFN2O2. The number of hydrogen-bond donors (Lipinski definition) is 2. The average molecular weight is 289 g/mol. The Kier molecular flexibility index (Phi) is 6.59. The summed E-state index contributed by atoms with van der Waals surface area (Å²) >= 11 is 0. The minimum atomic E-state index is -0.325. The smallest absolute Gasteiger partial charge is 0.224 e. The number of halogens is 2. The topological polar surface area (TPSA) is 50.4 Å². The van der Waals surface area contributed by atoms with Crippen molar-refractivity contribution in [1.82, 2.24) is 10.6 Å². The summed E-state index contributed by atoms with van der Waals surface area (Å²) in [6, 6.07) is 5.96. The number of carbonyl (C=O) groups is 1. The summed E-state index contributed by atoms with van der Waals surface area (Å²) in [4.78, 5) is 11.6. The fraction of sp³-hybridized carbons (Fsp3) is 0.462. The van der Waals surface area contributed by atoms with E-state index >= 15 is 0 Å². The Bertz CT molecular complexity index is 411. The Hall–Kier alpha value is -1.33. The Morgan fingerprint density at radius 3 is 3.05 bits per heavy atom. The van der Waals surface area contributed by atoms with E-state index in [0.717, 1.165) is 19.5 Å². The molecule has 1 saturated heterocycles. The maximum atomic E-state index is 12.9. The van der Waals surface area contributed by atoms with Crippen LogP contribution in [0.4, 0.5) is 4.39 Å². The van der Waals surface area contributed by atoms with Gasteiger partial charge in [-0.2, -0.15) is 0 Å². The molecule has 19 heavy (non-hydrogen) atoms. The van der Waals surface area contributed by atoms with E-state index in [1.54, 1.807) is 12.1 Å². The number of rotatable bonds is 5. The minimum absolute atomic E-state index is 0. The van der Waals surface area contributed by atoms with Gasteiger partial charge in [0, 0.05) is 12.6 Å². The molecule has 1 aromatic carbocycles. The highest BCUT2D eigenvalue weighted by Crippen LogP contribution is 2.11. The molecule has 1 amide bonds. The van der Waals surface area contributed by atoms with Crippen molar-refractivity contribution < 1.29 is 13.9 Å². The number of benzene rings is 1. The van der Waals surface area contributed by atoms with Crippen molar-refractivity contribution in [2.45, 2.75) is 6.42 Å². The van der Waals surface area contributed by atoms with Crippen molar-refractivity contribution in [2.75, 3.05) is 26.2 Å². The molecular weight excluding hydrogens is 271 g/mol. The molecule has 1 aliphatic heterocycles. The molecule has 0 aromatic heterocycles. The van der Waals surface area contributed by atoms with Crippen LogP contribution in [0.3, 0.4) is 0 Å². The summed E-state index contributed by atoms with van der Waals surface area (Å²) in [7, 11) is 0. The van der Waals surface area contributed by atoms with Crippen molar-refractivity contribution in [2.24, 2.45) is 5.92 Å². The van der Waals surface area contributed by atoms with Gasteiger partial charge in [-0.05, 0) is 25.1 Å². The van der Waals surface area contributed by atoms with E-state index in [9.17, 15) is 9.18 Å². The molecule has 6 heteroatoms. The third-order valence-electron chi connectivity index (χ3n) is 2.90. The maximum Gasteiger partial charge on any atom is 0.224 e. The first kappa shape index (κ1) is 15.7. The van der Waals surface area contributed by atoms with Crippen LogP contribution in [0.15, 0.2) is 24.3 Å². The monoisotopic (exact) mass is 288 g/mol. The van der Waals surface area contributed by atoms with Crippen molar-refractivity contribution in [1.29, 1.82) is 0 Å². The Labute approximate surface area is 118 Å². The van der Waals surface area contributed by atoms with Crippen LogP contribution in [0.5, 0.6) is 5.75 Å². The second-order valence-electron chi connectivity index (χ2n) is 4.29. The van der Waals surface area contributed by atoms with Crippen LogP contribution in [0, 0.1) is 11.7 Å². The summed E-state index contributed by atoms with van der Waals surface area (Å²) in [6.45, 7) is 2.43. The van der Waals surface area contributed by atoms with Crippen LogP contribution in [0.1, 0.15) is 6.42 Å². The molecule has 0 spiro atoms. The first-order valence-electron chi connectivity index (χ1n) is 6.12. The first-order chi connectivity index (χ1) is 8.75. The molecule has 2 rings (SSSR count). The van der Waals surface area contributed by atoms with Crippen LogP contribution >= 0.6 is 12.4 Å². The van der Waals surface area contributed by atoms with Crippen molar-refractivity contribution in [3.63, 3.8) is 0 Å². The Balaban J connectivity index is 0.00000180. The Morgan fingerprint density at radius 2 is 2.37 bits per heavy atom. The Morgan fingerprint density at radius 1 is 1.53 bits per heavy atom. The van der Waals surface area contributed by atoms with Crippen molar-refractivity contribution in [3.8, 4) is 5.75 Å². The number of amides is 1. The molecule has 1 aromatic rings. The largest absolute Gasteiger partial charge is 0.492 e. The van der Waals surface area contributed by atoms with E-state index in [1.807, 2.05) is 0 Å². The van der Waals surface area contributed by atoms with Gasteiger partial charge in [-0.3, -0.25) is 4.79 Å². The van der Waals surface area contributed by atoms with Gasteiger partial charge in [0.1, 0.15) is 18.2 Å². The number of ether oxygens (including phenoxy) is 1. The summed E-state index contributed by atoms with van der Waals surface area (Å²) < 4.78 is 18.2. The van der Waals surface area contributed by atoms with E-state index in [-0.39, 0.29) is 30.0 Å². The number of nitrogens with one attached hydrogen (secondary N) is 2. The lowest BCUT2D eigenvalue weighted by atomic mass is 10.1. The number of carbonyl (C=O) groups excluding carboxylic acids is 1. The van der Waals surface area contributed by atoms with E-state index in [4.69, 9.17) is 4.74 Å². The number of hydrogen-bond acceptors (Lipinski definition) is 3. The van der Waals surface area contributed by atoms with Crippen molar-refractivity contribution >= 4 is 18.3 Å². The van der Waals surface area contributed by atoms with Gasteiger partial charge in [0.2, 0.25) is 5.91 Å². The maximum absolute atomic E-state index is 12.9. The highest BCUT2D eigenvalue weighted by atomic mass is 35.5. The van der Waals surface area contributed by atoms with Gasteiger partial charge in [0.25, 0.3) is 0 Å². The molecule has 0 aliphatic carbocycles. The quantitative estimate of drug-likeness (QED) is 0.804. The zero-order chi connectivity index (χ0) is 12.8. The van der Waals surface area contributed by atoms with Gasteiger partial charge in [0.15, 0.2) is 0 Å². The molecule has 1 unspecified atom stereocenters. The van der Waals surface area contributed by atoms with Crippen LogP contribution in [-0.2, 0) is 4.79 Å². The third-order valence-corrected chi connectivity index (χ3v) is 2.90. The van der Waals surface area contributed by atoms with Gasteiger partial charge in [-0.15, -0.1) is 12.4 Å². The first-order valence-corrected chi connectivity index (χ1v) is 6.12. The molecule has 0 bridgehead atoms.